The van der Waals surface area contributed by atoms with Gasteiger partial charge < -0.3 is 15.3 Å². The molecule has 1 rings (SSSR count). The van der Waals surface area contributed by atoms with Crippen LogP contribution in [0.3, 0.4) is 0 Å². The summed E-state index contributed by atoms with van der Waals surface area (Å²) < 4.78 is 0. The van der Waals surface area contributed by atoms with Gasteiger partial charge in [-0.25, -0.2) is 0 Å². The molecule has 0 heterocycles. The third-order valence-electron chi connectivity index (χ3n) is 3.04. The molecule has 0 aliphatic carbocycles. The van der Waals surface area contributed by atoms with E-state index in [0.29, 0.717) is 6.04 Å². The average molecular weight is 250 g/mol. The first-order valence-electron chi connectivity index (χ1n) is 6.67. The summed E-state index contributed by atoms with van der Waals surface area (Å²) in [7, 11) is 2.10. The second-order valence-electron chi connectivity index (χ2n) is 5.25. The fraction of sp³-hybridized carbons (Fsp3) is 0.600. The lowest BCUT2D eigenvalue weighted by Gasteiger charge is -2.24. The van der Waals surface area contributed by atoms with Gasteiger partial charge in [-0.2, -0.15) is 0 Å². The van der Waals surface area contributed by atoms with Crippen LogP contribution in [0.5, 0.6) is 0 Å². The number of aryl methyl sites for hydroxylation is 1. The molecule has 1 atom stereocenters. The summed E-state index contributed by atoms with van der Waals surface area (Å²) in [5, 5.41) is 12.7. The van der Waals surface area contributed by atoms with Gasteiger partial charge in [0.2, 0.25) is 0 Å². The van der Waals surface area contributed by atoms with Crippen LogP contribution in [0.15, 0.2) is 24.3 Å². The molecule has 0 aliphatic heterocycles. The molecular weight excluding hydrogens is 224 g/mol. The van der Waals surface area contributed by atoms with Crippen molar-refractivity contribution in [1.82, 2.24) is 5.32 Å². The van der Waals surface area contributed by atoms with Crippen LogP contribution in [0.2, 0.25) is 0 Å². The van der Waals surface area contributed by atoms with E-state index in [1.54, 1.807) is 0 Å². The van der Waals surface area contributed by atoms with Crippen molar-refractivity contribution in [3.8, 4) is 0 Å². The van der Waals surface area contributed by atoms with Gasteiger partial charge in [-0.05, 0) is 31.0 Å². The predicted octanol–water partition coefficient (Wildman–Crippen LogP) is 2.18. The molecule has 0 aromatic heterocycles. The van der Waals surface area contributed by atoms with Gasteiger partial charge in [0.1, 0.15) is 0 Å². The van der Waals surface area contributed by atoms with Gasteiger partial charge in [-0.1, -0.05) is 26.0 Å². The monoisotopic (exact) mass is 250 g/mol. The van der Waals surface area contributed by atoms with E-state index in [1.807, 2.05) is 0 Å². The first-order valence-corrected chi connectivity index (χ1v) is 6.67. The van der Waals surface area contributed by atoms with Crippen LogP contribution >= 0.6 is 0 Å². The number of hydrogen-bond donors (Lipinski definition) is 2. The van der Waals surface area contributed by atoms with Crippen LogP contribution < -0.4 is 10.2 Å². The average Bonchev–Trinajstić information content (AvgIpc) is 2.33. The van der Waals surface area contributed by atoms with Gasteiger partial charge in [0.05, 0.1) is 6.61 Å². The van der Waals surface area contributed by atoms with E-state index in [0.717, 1.165) is 13.0 Å². The molecule has 3 heteroatoms. The molecule has 2 N–H and O–H groups in total. The molecule has 0 radical (unpaired) electrons. The van der Waals surface area contributed by atoms with Crippen molar-refractivity contribution in [2.75, 3.05) is 25.1 Å². The van der Waals surface area contributed by atoms with Crippen molar-refractivity contribution >= 4 is 5.69 Å². The largest absolute Gasteiger partial charge is 0.395 e. The highest BCUT2D eigenvalue weighted by Gasteiger charge is 2.10. The smallest absolute Gasteiger partial charge is 0.0585 e. The Kier molecular flexibility index (Phi) is 6.16. The van der Waals surface area contributed by atoms with Crippen molar-refractivity contribution in [1.29, 1.82) is 0 Å². The van der Waals surface area contributed by atoms with Crippen molar-refractivity contribution in [3.05, 3.63) is 29.8 Å². The lowest BCUT2D eigenvalue weighted by atomic mass is 10.1. The van der Waals surface area contributed by atoms with Gasteiger partial charge in [-0.3, -0.25) is 0 Å². The van der Waals surface area contributed by atoms with E-state index in [4.69, 9.17) is 0 Å². The Labute approximate surface area is 111 Å². The molecule has 1 unspecified atom stereocenters. The molecule has 0 spiro atoms. The van der Waals surface area contributed by atoms with E-state index in [1.165, 1.54) is 11.3 Å². The normalized spacial score (nSPS) is 12.8. The molecule has 0 amide bonds. The van der Waals surface area contributed by atoms with Crippen LogP contribution in [0, 0.1) is 6.92 Å². The maximum absolute atomic E-state index is 9.32. The van der Waals surface area contributed by atoms with Gasteiger partial charge in [0.25, 0.3) is 0 Å². The second kappa shape index (κ2) is 7.39. The van der Waals surface area contributed by atoms with Crippen LogP contribution in [0.4, 0.5) is 5.69 Å². The highest BCUT2D eigenvalue weighted by molar-refractivity contribution is 5.47. The summed E-state index contributed by atoms with van der Waals surface area (Å²) >= 11 is 0. The minimum Gasteiger partial charge on any atom is -0.395 e. The van der Waals surface area contributed by atoms with Crippen LogP contribution in [-0.4, -0.2) is 37.4 Å². The third kappa shape index (κ3) is 5.07. The van der Waals surface area contributed by atoms with Crippen molar-refractivity contribution in [3.63, 3.8) is 0 Å². The Hall–Kier alpha value is -1.06. The molecule has 102 valence electrons. The number of hydrogen-bond acceptors (Lipinski definition) is 3. The molecule has 1 aromatic rings. The number of benzene rings is 1. The number of nitrogens with one attached hydrogen (secondary N) is 1. The number of rotatable bonds is 7. The zero-order valence-electron chi connectivity index (χ0n) is 12.0. The fourth-order valence-electron chi connectivity index (χ4n) is 2.04. The molecule has 1 aromatic carbocycles. The summed E-state index contributed by atoms with van der Waals surface area (Å²) in [6.07, 6.45) is 0.944. The zero-order chi connectivity index (χ0) is 13.5. The fourth-order valence-corrected chi connectivity index (χ4v) is 2.04. The molecule has 0 fully saturated rings. The van der Waals surface area contributed by atoms with Crippen LogP contribution in [0.1, 0.15) is 25.8 Å². The minimum absolute atomic E-state index is 0.178. The molecule has 18 heavy (non-hydrogen) atoms. The Bertz CT molecular complexity index is 352. The van der Waals surface area contributed by atoms with Crippen molar-refractivity contribution in [2.24, 2.45) is 0 Å². The van der Waals surface area contributed by atoms with E-state index < -0.39 is 0 Å². The molecular formula is C15H26N2O. The van der Waals surface area contributed by atoms with E-state index >= 15 is 0 Å². The van der Waals surface area contributed by atoms with Crippen molar-refractivity contribution < 1.29 is 5.11 Å². The van der Waals surface area contributed by atoms with E-state index in [-0.39, 0.29) is 12.6 Å². The second-order valence-corrected chi connectivity index (χ2v) is 5.25. The Balaban J connectivity index is 2.47. The molecule has 0 saturated heterocycles. The van der Waals surface area contributed by atoms with Crippen LogP contribution in [-0.2, 0) is 0 Å². The topological polar surface area (TPSA) is 35.5 Å². The van der Waals surface area contributed by atoms with Gasteiger partial charge in [-0.15, -0.1) is 0 Å². The van der Waals surface area contributed by atoms with E-state index in [2.05, 4.69) is 62.3 Å². The number of nitrogens with zero attached hydrogens (tertiary/aromatic N) is 1. The third-order valence-corrected chi connectivity index (χ3v) is 3.04. The van der Waals surface area contributed by atoms with Gasteiger partial charge in [0, 0.05) is 31.4 Å². The van der Waals surface area contributed by atoms with Crippen LogP contribution in [0.25, 0.3) is 0 Å². The number of aliphatic hydroxyl groups excluding tert-OH is 1. The standard InChI is InChI=1S/C15H26N2O/c1-12(2)16-14(11-18)8-9-17(4)15-7-5-6-13(3)10-15/h5-7,10,12,14,16,18H,8-9,11H2,1-4H3. The lowest BCUT2D eigenvalue weighted by Crippen LogP contribution is -2.39. The minimum atomic E-state index is 0.178. The summed E-state index contributed by atoms with van der Waals surface area (Å²) in [5.74, 6) is 0. The summed E-state index contributed by atoms with van der Waals surface area (Å²) in [6, 6.07) is 9.08. The zero-order valence-corrected chi connectivity index (χ0v) is 12.0. The maximum atomic E-state index is 9.32. The molecule has 0 aliphatic rings. The molecule has 3 nitrogen and oxygen atoms in total. The quantitative estimate of drug-likeness (QED) is 0.778. The summed E-state index contributed by atoms with van der Waals surface area (Å²) in [5.41, 5.74) is 2.51. The molecule has 0 bridgehead atoms. The SMILES string of the molecule is Cc1cccc(N(C)CCC(CO)NC(C)C)c1. The highest BCUT2D eigenvalue weighted by Crippen LogP contribution is 2.14. The summed E-state index contributed by atoms with van der Waals surface area (Å²) in [6.45, 7) is 7.45. The van der Waals surface area contributed by atoms with Gasteiger partial charge in [0.15, 0.2) is 0 Å². The summed E-state index contributed by atoms with van der Waals surface area (Å²) in [4.78, 5) is 2.23. The maximum Gasteiger partial charge on any atom is 0.0585 e. The first kappa shape index (κ1) is 15.0. The van der Waals surface area contributed by atoms with E-state index in [9.17, 15) is 5.11 Å². The number of aliphatic hydroxyl groups is 1. The van der Waals surface area contributed by atoms with Gasteiger partial charge >= 0.3 is 0 Å². The predicted molar refractivity (Wildman–Crippen MR) is 78.2 cm³/mol. The number of anilines is 1. The lowest BCUT2D eigenvalue weighted by molar-refractivity contribution is 0.229. The highest BCUT2D eigenvalue weighted by atomic mass is 16.3. The Morgan fingerprint density at radius 1 is 1.33 bits per heavy atom. The molecule has 0 saturated carbocycles. The Morgan fingerprint density at radius 2 is 2.06 bits per heavy atom. The first-order chi connectivity index (χ1) is 8.52. The Morgan fingerprint density at radius 3 is 2.61 bits per heavy atom. The van der Waals surface area contributed by atoms with Crippen molar-refractivity contribution in [2.45, 2.75) is 39.3 Å².